The molecule has 0 atom stereocenters. The SMILES string of the molecule is COC(=O)c1ccc(O)c(C#N)c1.O=CO[O-].[2H]C(C)(C)Br.[2H]C(C)(C)Oc1ccc(C(=O)OC)cc1C#N.[H-].[K+].[K+]. The third kappa shape index (κ3) is 21.5. The van der Waals surface area contributed by atoms with Crippen molar-refractivity contribution in [3.8, 4) is 23.6 Å². The Morgan fingerprint density at radius 3 is 1.72 bits per heavy atom. The van der Waals surface area contributed by atoms with Crippen LogP contribution in [0.25, 0.3) is 0 Å². The van der Waals surface area contributed by atoms with Crippen molar-refractivity contribution in [2.75, 3.05) is 14.2 Å². The molecule has 0 aromatic heterocycles. The molecule has 0 saturated heterocycles. The van der Waals surface area contributed by atoms with Gasteiger partial charge in [0.2, 0.25) is 0 Å². The van der Waals surface area contributed by atoms with Crippen LogP contribution in [0.5, 0.6) is 11.5 Å². The third-order valence-corrected chi connectivity index (χ3v) is 3.41. The molecular weight excluding hydrogens is 630 g/mol. The van der Waals surface area contributed by atoms with Gasteiger partial charge < -0.3 is 30.9 Å². The molecule has 0 aliphatic carbocycles. The number of benzene rings is 2. The van der Waals surface area contributed by atoms with E-state index < -0.39 is 22.8 Å². The largest absolute Gasteiger partial charge is 1.00 e. The van der Waals surface area contributed by atoms with E-state index in [4.69, 9.17) is 33.2 Å². The fourth-order valence-corrected chi connectivity index (χ4v) is 2.04. The van der Waals surface area contributed by atoms with Crippen LogP contribution >= 0.6 is 15.9 Å². The number of carbonyl (C=O) groups excluding carboxylic acids is 3. The van der Waals surface area contributed by atoms with Gasteiger partial charge in [0, 0.05) is 6.17 Å². The molecule has 39 heavy (non-hydrogen) atoms. The van der Waals surface area contributed by atoms with Gasteiger partial charge in [-0.25, -0.2) is 9.59 Å². The number of phenols is 1. The van der Waals surface area contributed by atoms with Gasteiger partial charge in [0.25, 0.3) is 6.47 Å². The van der Waals surface area contributed by atoms with Crippen LogP contribution < -0.4 is 113 Å². The Morgan fingerprint density at radius 2 is 1.38 bits per heavy atom. The van der Waals surface area contributed by atoms with Crippen LogP contribution in [0.1, 0.15) is 63.7 Å². The van der Waals surface area contributed by atoms with Crippen LogP contribution in [-0.2, 0) is 19.2 Å². The molecule has 14 heteroatoms. The van der Waals surface area contributed by atoms with E-state index in [1.807, 2.05) is 6.07 Å². The Labute approximate surface area is 325 Å². The molecule has 2 rings (SSSR count). The molecule has 0 aliphatic rings. The van der Waals surface area contributed by atoms with Gasteiger partial charge in [-0.3, -0.25) is 4.79 Å². The van der Waals surface area contributed by atoms with Crippen molar-refractivity contribution in [3.05, 3.63) is 58.7 Å². The van der Waals surface area contributed by atoms with E-state index in [1.54, 1.807) is 33.8 Å². The van der Waals surface area contributed by atoms with E-state index >= 15 is 0 Å². The molecule has 0 saturated carbocycles. The maximum absolute atomic E-state index is 11.3. The van der Waals surface area contributed by atoms with Crippen molar-refractivity contribution < 1.29 is 151 Å². The molecule has 2 aromatic carbocycles. The summed E-state index contributed by atoms with van der Waals surface area (Å²) >= 11 is 3.04. The number of carbonyl (C=O) groups is 3. The second kappa shape index (κ2) is 27.3. The van der Waals surface area contributed by atoms with Gasteiger partial charge in [-0.2, -0.15) is 10.5 Å². The van der Waals surface area contributed by atoms with Crippen molar-refractivity contribution in [1.82, 2.24) is 0 Å². The minimum atomic E-state index is -1.14. The summed E-state index contributed by atoms with van der Waals surface area (Å²) in [5, 5.41) is 35.0. The number of rotatable bonds is 5. The van der Waals surface area contributed by atoms with Gasteiger partial charge in [-0.15, -0.1) is 0 Å². The molecule has 0 radical (unpaired) electrons. The molecular formula is C25H29BrK2N2O9. The Hall–Kier alpha value is -0.857. The van der Waals surface area contributed by atoms with E-state index in [0.29, 0.717) is 0 Å². The van der Waals surface area contributed by atoms with Crippen molar-refractivity contribution in [2.45, 2.75) is 38.6 Å². The number of halogens is 1. The number of ether oxygens (including phenoxy) is 3. The summed E-state index contributed by atoms with van der Waals surface area (Å²) in [4.78, 5) is 33.1. The summed E-state index contributed by atoms with van der Waals surface area (Å²) < 4.78 is 28.7. The summed E-state index contributed by atoms with van der Waals surface area (Å²) in [7, 11) is 2.52. The topological polar surface area (TPSA) is 179 Å². The van der Waals surface area contributed by atoms with Gasteiger partial charge in [0.15, 0.2) is 0 Å². The molecule has 1 N–H and O–H groups in total. The first-order valence-corrected chi connectivity index (χ1v) is 10.8. The van der Waals surface area contributed by atoms with Gasteiger partial charge in [-0.05, 0) is 50.2 Å². The van der Waals surface area contributed by atoms with E-state index in [1.165, 1.54) is 50.6 Å². The van der Waals surface area contributed by atoms with Crippen LogP contribution in [-0.4, -0.2) is 48.6 Å². The number of hydrogen-bond donors (Lipinski definition) is 1. The average Bonchev–Trinajstić information content (AvgIpc) is 2.86. The Bertz CT molecular complexity index is 1190. The fourth-order valence-electron chi connectivity index (χ4n) is 2.04. The number of methoxy groups -OCH3 is 2. The number of aromatic hydroxyl groups is 1. The van der Waals surface area contributed by atoms with E-state index in [2.05, 4.69) is 30.3 Å². The molecule has 202 valence electrons. The normalized spacial score (nSPS) is 9.69. The summed E-state index contributed by atoms with van der Waals surface area (Å²) in [6.45, 7) is 6.48. The first-order valence-electron chi connectivity index (χ1n) is 11.0. The zero-order valence-electron chi connectivity index (χ0n) is 26.0. The summed E-state index contributed by atoms with van der Waals surface area (Å²) in [6.07, 6.45) is -1.14. The van der Waals surface area contributed by atoms with Crippen LogP contribution in [0.15, 0.2) is 36.4 Å². The zero-order valence-corrected chi connectivity index (χ0v) is 30.9. The molecule has 0 bridgehead atoms. The second-order valence-electron chi connectivity index (χ2n) is 6.73. The Kier molecular flexibility index (Phi) is 28.2. The van der Waals surface area contributed by atoms with E-state index in [9.17, 15) is 9.59 Å². The predicted molar refractivity (Wildman–Crippen MR) is 135 cm³/mol. The van der Waals surface area contributed by atoms with Crippen LogP contribution in [0.2, 0.25) is 0 Å². The predicted octanol–water partition coefficient (Wildman–Crippen LogP) is -2.47. The Balaban J connectivity index is -0.000000162. The number of nitriles is 2. The molecule has 0 aliphatic heterocycles. The quantitative estimate of drug-likeness (QED) is 0.0897. The molecule has 0 spiro atoms. The maximum atomic E-state index is 11.3. The van der Waals surface area contributed by atoms with Gasteiger partial charge in [0.05, 0.1) is 43.9 Å². The van der Waals surface area contributed by atoms with E-state index in [0.717, 1.165) is 0 Å². The molecule has 0 amide bonds. The van der Waals surface area contributed by atoms with Gasteiger partial charge in [0.1, 0.15) is 23.6 Å². The number of nitrogens with zero attached hydrogens (tertiary/aromatic N) is 2. The second-order valence-corrected chi connectivity index (χ2v) is 8.32. The molecule has 11 nitrogen and oxygen atoms in total. The number of phenolic OH excluding ortho intramolecular Hbond substituents is 1. The van der Waals surface area contributed by atoms with Crippen LogP contribution in [0.4, 0.5) is 0 Å². The zero-order chi connectivity index (χ0) is 30.8. The number of hydrogen-bond acceptors (Lipinski definition) is 11. The maximum Gasteiger partial charge on any atom is 1.00 e. The number of esters is 2. The summed E-state index contributed by atoms with van der Waals surface area (Å²) in [5.41, 5.74) is 0.784. The molecule has 2 aromatic rings. The Morgan fingerprint density at radius 1 is 1.00 bits per heavy atom. The average molecular weight is 662 g/mol. The van der Waals surface area contributed by atoms with Crippen LogP contribution in [0, 0.1) is 22.7 Å². The van der Waals surface area contributed by atoms with Gasteiger partial charge in [-0.1, -0.05) is 29.8 Å². The molecule has 0 fully saturated rings. The van der Waals surface area contributed by atoms with Crippen LogP contribution in [0.3, 0.4) is 0 Å². The third-order valence-electron chi connectivity index (χ3n) is 3.41. The number of alkyl halides is 1. The van der Waals surface area contributed by atoms with Crippen molar-refractivity contribution in [1.29, 1.82) is 10.5 Å². The first kappa shape index (κ1) is 40.3. The standard InChI is InChI=1S/C12H13NO3.C9H7NO3.C3H7Br.CH2O3.2K.H/c1-8(2)16-11-5-4-9(12(14)15-3)6-10(11)7-13;1-13-9(12)6-2-3-8(11)7(4-6)5-10;1-3(2)4;2-1-4-3;;;/h4-6,8H,1-3H3;2-4,11H,1H3;3H,1-2H3;1,3H;;;/q;;;;2*+1;-1/p-1/i8D;;3D;;;;. The summed E-state index contributed by atoms with van der Waals surface area (Å²) in [5.74, 6) is -0.912. The minimum Gasteiger partial charge on any atom is -1.00 e. The fraction of sp³-hybridized carbons (Fsp3) is 0.320. The first-order chi connectivity index (χ1) is 18.0. The van der Waals surface area contributed by atoms with Crippen molar-refractivity contribution >= 4 is 34.3 Å². The van der Waals surface area contributed by atoms with Crippen molar-refractivity contribution in [2.24, 2.45) is 0 Å². The molecule has 0 heterocycles. The minimum absolute atomic E-state index is 0. The van der Waals surface area contributed by atoms with Gasteiger partial charge >= 0.3 is 115 Å². The van der Waals surface area contributed by atoms with Crippen molar-refractivity contribution in [3.63, 3.8) is 0 Å². The summed E-state index contributed by atoms with van der Waals surface area (Å²) in [6, 6.07) is 12.0. The monoisotopic (exact) mass is 660 g/mol. The smallest absolute Gasteiger partial charge is 1.00 e. The van der Waals surface area contributed by atoms with E-state index in [-0.39, 0.29) is 144 Å². The molecule has 0 unspecified atom stereocenters.